The number of alkyl halides is 3. The van der Waals surface area contributed by atoms with E-state index < -0.39 is 11.7 Å². The fourth-order valence-corrected chi connectivity index (χ4v) is 6.47. The Hall–Kier alpha value is -3.17. The molecule has 1 unspecified atom stereocenters. The Labute approximate surface area is 265 Å². The smallest absolute Gasteiger partial charge is 0.374 e. The molecule has 1 aliphatic carbocycles. The first kappa shape index (κ1) is 34.7. The van der Waals surface area contributed by atoms with Crippen molar-refractivity contribution in [2.45, 2.75) is 90.3 Å². The molecule has 6 nitrogen and oxygen atoms in total. The average Bonchev–Trinajstić information content (AvgIpc) is 3.54. The maximum atomic E-state index is 13.0. The van der Waals surface area contributed by atoms with E-state index in [2.05, 4.69) is 47.6 Å². The molecule has 1 heterocycles. The van der Waals surface area contributed by atoms with Gasteiger partial charge in [0.1, 0.15) is 0 Å². The lowest BCUT2D eigenvalue weighted by Crippen LogP contribution is -2.47. The number of ether oxygens (including phenoxy) is 1. The van der Waals surface area contributed by atoms with Gasteiger partial charge in [-0.25, -0.2) is 0 Å². The molecule has 1 fully saturated rings. The highest BCUT2D eigenvalue weighted by atomic mass is 19.4. The highest BCUT2D eigenvalue weighted by Gasteiger charge is 2.31. The molecule has 2 aromatic carbocycles. The summed E-state index contributed by atoms with van der Waals surface area (Å²) < 4.78 is 44.8. The Morgan fingerprint density at radius 3 is 2.38 bits per heavy atom. The quantitative estimate of drug-likeness (QED) is 0.221. The highest BCUT2D eigenvalue weighted by Crippen LogP contribution is 2.36. The zero-order valence-electron chi connectivity index (χ0n) is 26.7. The van der Waals surface area contributed by atoms with Crippen molar-refractivity contribution < 1.29 is 27.5 Å². The first-order valence-corrected chi connectivity index (χ1v) is 16.6. The lowest BCUT2D eigenvalue weighted by molar-refractivity contribution is -0.137. The normalized spacial score (nSPS) is 17.5. The Kier molecular flexibility index (Phi) is 13.1. The van der Waals surface area contributed by atoms with E-state index in [9.17, 15) is 22.8 Å². The topological polar surface area (TPSA) is 70.7 Å². The molecule has 246 valence electrons. The maximum Gasteiger partial charge on any atom is 0.416 e. The molecule has 0 aromatic heterocycles. The number of benzene rings is 2. The predicted octanol–water partition coefficient (Wildman–Crippen LogP) is 6.50. The van der Waals surface area contributed by atoms with Crippen LogP contribution in [0.4, 0.5) is 13.2 Å². The van der Waals surface area contributed by atoms with Crippen LogP contribution in [-0.4, -0.2) is 62.1 Å². The molecule has 45 heavy (non-hydrogen) atoms. The van der Waals surface area contributed by atoms with Gasteiger partial charge in [-0.05, 0) is 104 Å². The minimum absolute atomic E-state index is 0.114. The second-order valence-corrected chi connectivity index (χ2v) is 12.1. The van der Waals surface area contributed by atoms with Crippen molar-refractivity contribution in [3.63, 3.8) is 0 Å². The van der Waals surface area contributed by atoms with E-state index in [0.29, 0.717) is 50.1 Å². The number of nitrogens with zero attached hydrogens (tertiary/aromatic N) is 1. The summed E-state index contributed by atoms with van der Waals surface area (Å²) in [6, 6.07) is 11.6. The van der Waals surface area contributed by atoms with Crippen LogP contribution in [0.25, 0.3) is 5.57 Å². The molecular weight excluding hydrogens is 579 g/mol. The number of rotatable bonds is 15. The summed E-state index contributed by atoms with van der Waals surface area (Å²) in [5, 5.41) is 6.08. The second-order valence-electron chi connectivity index (χ2n) is 12.1. The van der Waals surface area contributed by atoms with Gasteiger partial charge in [0.25, 0.3) is 0 Å². The number of hydrogen-bond donors (Lipinski definition) is 2. The zero-order valence-corrected chi connectivity index (χ0v) is 26.7. The molecule has 1 saturated heterocycles. The number of aryl methyl sites for hydroxylation is 2. The summed E-state index contributed by atoms with van der Waals surface area (Å²) in [6.07, 6.45) is 3.84. The van der Waals surface area contributed by atoms with Crippen LogP contribution in [0, 0.1) is 0 Å². The van der Waals surface area contributed by atoms with Crippen molar-refractivity contribution in [1.29, 1.82) is 0 Å². The van der Waals surface area contributed by atoms with Crippen LogP contribution < -0.4 is 10.6 Å². The number of morpholine rings is 1. The molecule has 1 atom stereocenters. The van der Waals surface area contributed by atoms with E-state index in [0.717, 1.165) is 82.3 Å². The first-order chi connectivity index (χ1) is 21.7. The maximum absolute atomic E-state index is 13.0. The number of nitrogens with one attached hydrogen (secondary N) is 2. The van der Waals surface area contributed by atoms with Crippen LogP contribution in [0.5, 0.6) is 0 Å². The molecule has 2 aromatic rings. The van der Waals surface area contributed by atoms with Gasteiger partial charge in [0, 0.05) is 38.2 Å². The fraction of sp³-hybridized carbons (Fsp3) is 0.556. The molecule has 0 spiro atoms. The molecule has 2 N–H and O–H groups in total. The SMILES string of the molecule is CCc1cccc(CC)c1CCCC(=O)NCCCCN1CCOC(CNC(=O)C2=C(c3ccc(C(F)(F)F)cc3)CCC2)C1. The Bertz CT molecular complexity index is 1280. The summed E-state index contributed by atoms with van der Waals surface area (Å²) in [4.78, 5) is 27.8. The van der Waals surface area contributed by atoms with E-state index in [1.807, 2.05) is 0 Å². The van der Waals surface area contributed by atoms with Crippen molar-refractivity contribution in [3.05, 3.63) is 75.9 Å². The van der Waals surface area contributed by atoms with Gasteiger partial charge in [-0.3, -0.25) is 14.5 Å². The van der Waals surface area contributed by atoms with Crippen molar-refractivity contribution >= 4 is 17.4 Å². The predicted molar refractivity (Wildman–Crippen MR) is 172 cm³/mol. The van der Waals surface area contributed by atoms with Gasteiger partial charge in [-0.15, -0.1) is 0 Å². The van der Waals surface area contributed by atoms with Gasteiger partial charge in [0.05, 0.1) is 18.3 Å². The van der Waals surface area contributed by atoms with Gasteiger partial charge >= 0.3 is 6.18 Å². The second kappa shape index (κ2) is 16.9. The van der Waals surface area contributed by atoms with Crippen LogP contribution in [0.15, 0.2) is 48.0 Å². The molecule has 1 aliphatic heterocycles. The molecular formula is C36H48F3N3O3. The number of carbonyl (C=O) groups is 2. The number of allylic oxidation sites excluding steroid dienone is 1. The van der Waals surface area contributed by atoms with Crippen LogP contribution in [0.1, 0.15) is 86.6 Å². The lowest BCUT2D eigenvalue weighted by Gasteiger charge is -2.33. The summed E-state index contributed by atoms with van der Waals surface area (Å²) in [5.74, 6) is -0.0534. The largest absolute Gasteiger partial charge is 0.416 e. The van der Waals surface area contributed by atoms with E-state index in [4.69, 9.17) is 4.74 Å². The first-order valence-electron chi connectivity index (χ1n) is 16.6. The Morgan fingerprint density at radius 2 is 1.69 bits per heavy atom. The molecule has 0 bridgehead atoms. The number of halogens is 3. The fourth-order valence-electron chi connectivity index (χ4n) is 6.47. The monoisotopic (exact) mass is 627 g/mol. The lowest BCUT2D eigenvalue weighted by atomic mass is 9.93. The van der Waals surface area contributed by atoms with E-state index >= 15 is 0 Å². The van der Waals surface area contributed by atoms with Crippen molar-refractivity contribution in [2.75, 3.05) is 39.3 Å². The van der Waals surface area contributed by atoms with Gasteiger partial charge in [0.15, 0.2) is 0 Å². The Balaban J connectivity index is 1.12. The summed E-state index contributed by atoms with van der Waals surface area (Å²) in [5.41, 5.74) is 5.65. The molecule has 0 saturated carbocycles. The van der Waals surface area contributed by atoms with Gasteiger partial charge < -0.3 is 15.4 Å². The third-order valence-corrected chi connectivity index (χ3v) is 8.95. The molecule has 2 aliphatic rings. The van der Waals surface area contributed by atoms with Gasteiger partial charge in [-0.1, -0.05) is 44.2 Å². The highest BCUT2D eigenvalue weighted by molar-refractivity contribution is 6.02. The van der Waals surface area contributed by atoms with Crippen LogP contribution in [-0.2, 0) is 39.8 Å². The summed E-state index contributed by atoms with van der Waals surface area (Å²) in [7, 11) is 0. The molecule has 9 heteroatoms. The average molecular weight is 628 g/mol. The van der Waals surface area contributed by atoms with Crippen LogP contribution in [0.3, 0.4) is 0 Å². The van der Waals surface area contributed by atoms with Crippen LogP contribution >= 0.6 is 0 Å². The van der Waals surface area contributed by atoms with Crippen molar-refractivity contribution in [1.82, 2.24) is 15.5 Å². The summed E-state index contributed by atoms with van der Waals surface area (Å²) in [6.45, 7) is 8.47. The number of amides is 2. The third-order valence-electron chi connectivity index (χ3n) is 8.95. The van der Waals surface area contributed by atoms with E-state index in [1.54, 1.807) is 0 Å². The minimum atomic E-state index is -4.38. The van der Waals surface area contributed by atoms with Crippen molar-refractivity contribution in [3.8, 4) is 0 Å². The number of carbonyl (C=O) groups excluding carboxylic acids is 2. The minimum Gasteiger partial charge on any atom is -0.374 e. The van der Waals surface area contributed by atoms with E-state index in [-0.39, 0.29) is 17.9 Å². The van der Waals surface area contributed by atoms with Gasteiger partial charge in [-0.2, -0.15) is 13.2 Å². The van der Waals surface area contributed by atoms with Crippen molar-refractivity contribution in [2.24, 2.45) is 0 Å². The van der Waals surface area contributed by atoms with Gasteiger partial charge in [0.2, 0.25) is 11.8 Å². The zero-order chi connectivity index (χ0) is 32.2. The standard InChI is InChI=1S/C36H48F3N3O3/c1-3-26-10-7-11-27(4-2)31(26)12-9-15-34(43)40-20-5-6-21-42-22-23-45-30(25-42)24-41-35(44)33-14-8-13-32(33)28-16-18-29(19-17-28)36(37,38)39/h7,10-11,16-19,30H,3-6,8-9,12-15,20-25H2,1-2H3,(H,40,43)(H,41,44). The third kappa shape index (κ3) is 10.2. The number of hydrogen-bond acceptors (Lipinski definition) is 4. The van der Waals surface area contributed by atoms with E-state index in [1.165, 1.54) is 28.8 Å². The Morgan fingerprint density at radius 1 is 0.956 bits per heavy atom. The molecule has 0 radical (unpaired) electrons. The molecule has 4 rings (SSSR count). The number of unbranched alkanes of at least 4 members (excludes halogenated alkanes) is 1. The molecule has 2 amide bonds. The van der Waals surface area contributed by atoms with Crippen LogP contribution in [0.2, 0.25) is 0 Å². The summed E-state index contributed by atoms with van der Waals surface area (Å²) >= 11 is 0.